The van der Waals surface area contributed by atoms with Gasteiger partial charge < -0.3 is 9.64 Å². The molecule has 1 aromatic heterocycles. The fourth-order valence-corrected chi connectivity index (χ4v) is 3.28. The Balaban J connectivity index is 1.70. The monoisotopic (exact) mass is 379 g/mol. The van der Waals surface area contributed by atoms with Crippen LogP contribution in [0.3, 0.4) is 0 Å². The molecule has 0 aliphatic heterocycles. The van der Waals surface area contributed by atoms with Crippen molar-refractivity contribution in [3.8, 4) is 5.75 Å². The number of benzene rings is 2. The molecule has 0 aliphatic carbocycles. The second-order valence-corrected chi connectivity index (χ2v) is 7.03. The summed E-state index contributed by atoms with van der Waals surface area (Å²) in [4.78, 5) is 31.3. The highest BCUT2D eigenvalue weighted by atomic mass is 16.5. The zero-order valence-electron chi connectivity index (χ0n) is 16.7. The second-order valence-electron chi connectivity index (χ2n) is 7.03. The van der Waals surface area contributed by atoms with Gasteiger partial charge in [-0.1, -0.05) is 29.8 Å². The van der Waals surface area contributed by atoms with Crippen LogP contribution in [-0.2, 0) is 17.9 Å². The lowest BCUT2D eigenvalue weighted by Crippen LogP contribution is -2.29. The van der Waals surface area contributed by atoms with E-state index in [1.165, 1.54) is 10.9 Å². The molecule has 1 amide bonds. The number of hydrogen-bond donors (Lipinski definition) is 0. The Bertz CT molecular complexity index is 1070. The van der Waals surface area contributed by atoms with Crippen molar-refractivity contribution in [2.24, 2.45) is 0 Å². The van der Waals surface area contributed by atoms with E-state index in [1.807, 2.05) is 44.2 Å². The summed E-state index contributed by atoms with van der Waals surface area (Å²) in [6, 6.07) is 11.4. The van der Waals surface area contributed by atoms with Crippen LogP contribution in [0.4, 0.5) is 0 Å². The molecule has 1 heterocycles. The maximum atomic E-state index is 12.7. The molecule has 0 atom stereocenters. The Morgan fingerprint density at radius 1 is 1.21 bits per heavy atom. The quantitative estimate of drug-likeness (QED) is 0.660. The van der Waals surface area contributed by atoms with Gasteiger partial charge in [0.25, 0.3) is 5.56 Å². The van der Waals surface area contributed by atoms with Gasteiger partial charge in [-0.05, 0) is 31.5 Å². The molecule has 0 N–H and O–H groups in total. The van der Waals surface area contributed by atoms with Crippen LogP contribution in [0.25, 0.3) is 10.9 Å². The van der Waals surface area contributed by atoms with Crippen molar-refractivity contribution in [2.75, 3.05) is 14.2 Å². The molecule has 6 nitrogen and oxygen atoms in total. The zero-order chi connectivity index (χ0) is 20.3. The van der Waals surface area contributed by atoms with Gasteiger partial charge in [-0.3, -0.25) is 14.2 Å². The number of hydrogen-bond acceptors (Lipinski definition) is 4. The molecule has 28 heavy (non-hydrogen) atoms. The van der Waals surface area contributed by atoms with Crippen molar-refractivity contribution in [2.45, 2.75) is 33.4 Å². The third-order valence-electron chi connectivity index (χ3n) is 4.89. The molecule has 0 bridgehead atoms. The molecule has 0 saturated heterocycles. The third-order valence-corrected chi connectivity index (χ3v) is 4.89. The molecule has 0 saturated carbocycles. The van der Waals surface area contributed by atoms with Crippen molar-refractivity contribution in [1.29, 1.82) is 0 Å². The predicted molar refractivity (Wildman–Crippen MR) is 110 cm³/mol. The van der Waals surface area contributed by atoms with Gasteiger partial charge >= 0.3 is 0 Å². The van der Waals surface area contributed by atoms with Gasteiger partial charge in [0.15, 0.2) is 0 Å². The van der Waals surface area contributed by atoms with Crippen LogP contribution < -0.4 is 10.3 Å². The highest BCUT2D eigenvalue weighted by Gasteiger charge is 2.13. The van der Waals surface area contributed by atoms with E-state index in [4.69, 9.17) is 4.74 Å². The lowest BCUT2D eigenvalue weighted by molar-refractivity contribution is -0.130. The van der Waals surface area contributed by atoms with Gasteiger partial charge in [0, 0.05) is 32.1 Å². The average Bonchev–Trinajstić information content (AvgIpc) is 2.68. The van der Waals surface area contributed by atoms with Gasteiger partial charge in [0.2, 0.25) is 5.91 Å². The Morgan fingerprint density at radius 2 is 2.00 bits per heavy atom. The molecular formula is C22H25N3O3. The lowest BCUT2D eigenvalue weighted by Gasteiger charge is -2.19. The topological polar surface area (TPSA) is 64.4 Å². The minimum atomic E-state index is -0.121. The Labute approximate surface area is 164 Å². The molecular weight excluding hydrogens is 354 g/mol. The molecule has 0 spiro atoms. The van der Waals surface area contributed by atoms with Crippen LogP contribution in [0, 0.1) is 13.8 Å². The fourth-order valence-electron chi connectivity index (χ4n) is 3.28. The first-order valence-electron chi connectivity index (χ1n) is 9.23. The van der Waals surface area contributed by atoms with Crippen LogP contribution in [0.5, 0.6) is 5.75 Å². The van der Waals surface area contributed by atoms with Crippen molar-refractivity contribution >= 4 is 16.8 Å². The molecule has 2 aromatic carbocycles. The van der Waals surface area contributed by atoms with E-state index < -0.39 is 0 Å². The number of ether oxygens (including phenoxy) is 1. The number of para-hydroxylation sites is 1. The molecule has 0 radical (unpaired) electrons. The third kappa shape index (κ3) is 4.06. The molecule has 0 aliphatic rings. The average molecular weight is 379 g/mol. The first-order chi connectivity index (χ1) is 13.4. The smallest absolute Gasteiger partial charge is 0.261 e. The van der Waals surface area contributed by atoms with Gasteiger partial charge in [-0.2, -0.15) is 0 Å². The maximum absolute atomic E-state index is 12.7. The largest absolute Gasteiger partial charge is 0.496 e. The number of carbonyl (C=O) groups excluding carboxylic acids is 1. The van der Waals surface area contributed by atoms with Crippen LogP contribution in [-0.4, -0.2) is 34.5 Å². The normalized spacial score (nSPS) is 10.9. The second kappa shape index (κ2) is 8.25. The van der Waals surface area contributed by atoms with Crippen LogP contribution in [0.1, 0.15) is 23.1 Å². The summed E-state index contributed by atoms with van der Waals surface area (Å²) in [5, 5.41) is 0.577. The van der Waals surface area contributed by atoms with Gasteiger partial charge in [-0.15, -0.1) is 0 Å². The number of nitrogens with zero attached hydrogens (tertiary/aromatic N) is 3. The molecule has 6 heteroatoms. The van der Waals surface area contributed by atoms with E-state index in [-0.39, 0.29) is 17.9 Å². The standard InChI is InChI=1S/C22H25N3O3/c1-15-8-9-19(28-4)17(12-15)13-24(3)20(26)10-11-25-14-23-21-16(2)6-5-7-18(21)22(25)27/h5-9,12,14H,10-11,13H2,1-4H3. The fraction of sp³-hybridized carbons (Fsp3) is 0.318. The summed E-state index contributed by atoms with van der Waals surface area (Å²) in [6.45, 7) is 4.68. The number of fused-ring (bicyclic) bond motifs is 1. The molecule has 3 aromatic rings. The lowest BCUT2D eigenvalue weighted by atomic mass is 10.1. The van der Waals surface area contributed by atoms with Gasteiger partial charge in [0.1, 0.15) is 5.75 Å². The summed E-state index contributed by atoms with van der Waals surface area (Å²) in [6.07, 6.45) is 1.75. The number of carbonyl (C=O) groups is 1. The molecule has 0 fully saturated rings. The highest BCUT2D eigenvalue weighted by Crippen LogP contribution is 2.21. The Hall–Kier alpha value is -3.15. The number of aryl methyl sites for hydroxylation is 3. The molecule has 146 valence electrons. The number of methoxy groups -OCH3 is 1. The summed E-state index contributed by atoms with van der Waals surface area (Å²) in [5.74, 6) is 0.718. The molecule has 3 rings (SSSR count). The van der Waals surface area contributed by atoms with Crippen LogP contribution in [0.2, 0.25) is 0 Å². The Morgan fingerprint density at radius 3 is 2.75 bits per heavy atom. The van der Waals surface area contributed by atoms with E-state index in [0.717, 1.165) is 22.4 Å². The predicted octanol–water partition coefficient (Wildman–Crippen LogP) is 3.07. The highest BCUT2D eigenvalue weighted by molar-refractivity contribution is 5.80. The zero-order valence-corrected chi connectivity index (χ0v) is 16.7. The van der Waals surface area contributed by atoms with E-state index in [1.54, 1.807) is 25.1 Å². The van der Waals surface area contributed by atoms with Crippen molar-refractivity contribution in [3.05, 3.63) is 69.8 Å². The first-order valence-corrected chi connectivity index (χ1v) is 9.23. The SMILES string of the molecule is COc1ccc(C)cc1CN(C)C(=O)CCn1cnc2c(C)cccc2c1=O. The van der Waals surface area contributed by atoms with Gasteiger partial charge in [-0.25, -0.2) is 4.98 Å². The van der Waals surface area contributed by atoms with Crippen molar-refractivity contribution in [3.63, 3.8) is 0 Å². The van der Waals surface area contributed by atoms with Crippen LogP contribution >= 0.6 is 0 Å². The maximum Gasteiger partial charge on any atom is 0.261 e. The minimum Gasteiger partial charge on any atom is -0.496 e. The van der Waals surface area contributed by atoms with Gasteiger partial charge in [0.05, 0.1) is 24.3 Å². The summed E-state index contributed by atoms with van der Waals surface area (Å²) in [5.41, 5.74) is 3.62. The van der Waals surface area contributed by atoms with E-state index in [9.17, 15) is 9.59 Å². The number of rotatable bonds is 6. The van der Waals surface area contributed by atoms with E-state index in [2.05, 4.69) is 4.98 Å². The molecule has 0 unspecified atom stereocenters. The van der Waals surface area contributed by atoms with Crippen LogP contribution in [0.15, 0.2) is 47.5 Å². The van der Waals surface area contributed by atoms with E-state index >= 15 is 0 Å². The van der Waals surface area contributed by atoms with E-state index in [0.29, 0.717) is 24.0 Å². The summed E-state index contributed by atoms with van der Waals surface area (Å²) in [7, 11) is 3.38. The first kappa shape index (κ1) is 19.6. The Kier molecular flexibility index (Phi) is 5.78. The summed E-state index contributed by atoms with van der Waals surface area (Å²) >= 11 is 0. The number of amides is 1. The number of aromatic nitrogens is 2. The van der Waals surface area contributed by atoms with Crippen molar-refractivity contribution < 1.29 is 9.53 Å². The van der Waals surface area contributed by atoms with Crippen molar-refractivity contribution in [1.82, 2.24) is 14.5 Å². The minimum absolute atomic E-state index is 0.0419. The summed E-state index contributed by atoms with van der Waals surface area (Å²) < 4.78 is 6.89.